The first-order valence-corrected chi connectivity index (χ1v) is 10.7. The summed E-state index contributed by atoms with van der Waals surface area (Å²) in [5.41, 5.74) is 0.280. The Morgan fingerprint density at radius 2 is 1.79 bits per heavy atom. The summed E-state index contributed by atoms with van der Waals surface area (Å²) in [5.74, 6) is 0. The van der Waals surface area contributed by atoms with Crippen molar-refractivity contribution in [3.63, 3.8) is 0 Å². The number of nitro benzene ring substituents is 1. The summed E-state index contributed by atoms with van der Waals surface area (Å²) in [6.45, 7) is 0.970. The average Bonchev–Trinajstić information content (AvgIpc) is 2.70. The van der Waals surface area contributed by atoms with E-state index in [9.17, 15) is 23.3 Å². The highest BCUT2D eigenvalue weighted by molar-refractivity contribution is 7.89. The van der Waals surface area contributed by atoms with Gasteiger partial charge in [0.2, 0.25) is 10.0 Å². The first-order valence-electron chi connectivity index (χ1n) is 8.89. The largest absolute Gasteiger partial charge is 0.323 e. The van der Waals surface area contributed by atoms with Gasteiger partial charge in [-0.2, -0.15) is 4.31 Å². The molecule has 0 radical (unpaired) electrons. The van der Waals surface area contributed by atoms with Crippen molar-refractivity contribution >= 4 is 44.7 Å². The number of rotatable bonds is 5. The summed E-state index contributed by atoms with van der Waals surface area (Å²) < 4.78 is 27.0. The minimum absolute atomic E-state index is 0.00998. The van der Waals surface area contributed by atoms with E-state index in [0.717, 1.165) is 25.3 Å². The van der Waals surface area contributed by atoms with Crippen LogP contribution in [0.2, 0.25) is 5.02 Å². The van der Waals surface area contributed by atoms with Crippen molar-refractivity contribution in [2.24, 2.45) is 0 Å². The lowest BCUT2D eigenvalue weighted by atomic mass is 10.2. The molecule has 1 saturated heterocycles. The number of carbonyl (C=O) groups excluding carboxylic acids is 1. The monoisotopic (exact) mass is 438 g/mol. The Bertz CT molecular complexity index is 1040. The number of anilines is 2. The molecule has 2 amide bonds. The first-order chi connectivity index (χ1) is 13.8. The van der Waals surface area contributed by atoms with Crippen molar-refractivity contribution in [3.8, 4) is 0 Å². The maximum atomic E-state index is 12.8. The normalized spacial score (nSPS) is 14.9. The highest BCUT2D eigenvalue weighted by atomic mass is 35.5. The Morgan fingerprint density at radius 1 is 1.07 bits per heavy atom. The van der Waals surface area contributed by atoms with Gasteiger partial charge < -0.3 is 10.6 Å². The van der Waals surface area contributed by atoms with Crippen LogP contribution >= 0.6 is 11.6 Å². The molecule has 2 aromatic carbocycles. The Balaban J connectivity index is 1.71. The Hall–Kier alpha value is -2.69. The lowest BCUT2D eigenvalue weighted by molar-refractivity contribution is -0.384. The van der Waals surface area contributed by atoms with Crippen LogP contribution in [0.5, 0.6) is 0 Å². The predicted octanol–water partition coefficient (Wildman–Crippen LogP) is 4.07. The van der Waals surface area contributed by atoms with E-state index in [-0.39, 0.29) is 21.3 Å². The van der Waals surface area contributed by atoms with Gasteiger partial charge in [0.05, 0.1) is 20.5 Å². The van der Waals surface area contributed by atoms with Crippen LogP contribution in [0, 0.1) is 10.1 Å². The van der Waals surface area contributed by atoms with E-state index in [1.807, 2.05) is 0 Å². The molecule has 0 aromatic heterocycles. The molecule has 2 N–H and O–H groups in total. The molecule has 0 saturated carbocycles. The van der Waals surface area contributed by atoms with Gasteiger partial charge in [-0.25, -0.2) is 13.2 Å². The molecule has 0 aliphatic carbocycles. The van der Waals surface area contributed by atoms with E-state index in [4.69, 9.17) is 11.6 Å². The van der Waals surface area contributed by atoms with Crippen LogP contribution in [-0.4, -0.2) is 36.8 Å². The Labute approximate surface area is 172 Å². The van der Waals surface area contributed by atoms with Gasteiger partial charge in [-0.1, -0.05) is 24.1 Å². The second-order valence-electron chi connectivity index (χ2n) is 6.49. The van der Waals surface area contributed by atoms with Gasteiger partial charge in [-0.05, 0) is 37.1 Å². The number of amides is 2. The smallest absolute Gasteiger partial charge is 0.308 e. The molecular formula is C18H19ClN4O5S. The van der Waals surface area contributed by atoms with Crippen LogP contribution in [0.3, 0.4) is 0 Å². The number of nitro groups is 1. The number of hydrogen-bond acceptors (Lipinski definition) is 5. The molecule has 0 spiro atoms. The molecule has 1 aliphatic heterocycles. The quantitative estimate of drug-likeness (QED) is 0.538. The van der Waals surface area contributed by atoms with Crippen molar-refractivity contribution in [2.45, 2.75) is 24.2 Å². The zero-order valence-corrected chi connectivity index (χ0v) is 16.9. The minimum Gasteiger partial charge on any atom is -0.308 e. The molecule has 1 aliphatic rings. The molecule has 3 rings (SSSR count). The lowest BCUT2D eigenvalue weighted by Crippen LogP contribution is -2.35. The topological polar surface area (TPSA) is 122 Å². The van der Waals surface area contributed by atoms with Crippen molar-refractivity contribution in [1.82, 2.24) is 4.31 Å². The maximum Gasteiger partial charge on any atom is 0.323 e. The molecule has 1 heterocycles. The van der Waals surface area contributed by atoms with E-state index in [0.29, 0.717) is 18.8 Å². The number of nitrogens with one attached hydrogen (secondary N) is 2. The van der Waals surface area contributed by atoms with E-state index in [1.165, 1.54) is 28.6 Å². The van der Waals surface area contributed by atoms with Gasteiger partial charge >= 0.3 is 6.03 Å². The van der Waals surface area contributed by atoms with E-state index in [2.05, 4.69) is 10.6 Å². The van der Waals surface area contributed by atoms with E-state index in [1.54, 1.807) is 12.1 Å². The number of sulfonamides is 1. The standard InChI is InChI=1S/C18H19ClN4O5S/c19-16-12-14(23(25)26)7-8-17(16)21-18(24)20-13-5-4-6-15(11-13)29(27,28)22-9-2-1-3-10-22/h4-8,11-12H,1-3,9-10H2,(H2,20,21,24). The van der Waals surface area contributed by atoms with Gasteiger partial charge in [-0.15, -0.1) is 0 Å². The zero-order chi connectivity index (χ0) is 21.0. The fourth-order valence-electron chi connectivity index (χ4n) is 2.99. The number of non-ortho nitro benzene ring substituents is 1. The van der Waals surface area contributed by atoms with Gasteiger partial charge in [0.25, 0.3) is 5.69 Å². The molecule has 0 bridgehead atoms. The molecule has 29 heavy (non-hydrogen) atoms. The van der Waals surface area contributed by atoms with E-state index >= 15 is 0 Å². The van der Waals surface area contributed by atoms with Crippen LogP contribution in [0.25, 0.3) is 0 Å². The van der Waals surface area contributed by atoms with Crippen LogP contribution in [0.1, 0.15) is 19.3 Å². The van der Waals surface area contributed by atoms with Crippen LogP contribution in [-0.2, 0) is 10.0 Å². The number of urea groups is 1. The van der Waals surface area contributed by atoms with E-state index < -0.39 is 21.0 Å². The summed E-state index contributed by atoms with van der Waals surface area (Å²) in [7, 11) is -3.62. The Morgan fingerprint density at radius 3 is 2.45 bits per heavy atom. The highest BCUT2D eigenvalue weighted by Crippen LogP contribution is 2.27. The molecule has 154 valence electrons. The minimum atomic E-state index is -3.62. The second-order valence-corrected chi connectivity index (χ2v) is 8.84. The fourth-order valence-corrected chi connectivity index (χ4v) is 4.78. The number of nitrogens with zero attached hydrogens (tertiary/aromatic N) is 2. The SMILES string of the molecule is O=C(Nc1cccc(S(=O)(=O)N2CCCCC2)c1)Nc1ccc([N+](=O)[O-])cc1Cl. The molecule has 0 unspecified atom stereocenters. The zero-order valence-electron chi connectivity index (χ0n) is 15.3. The average molecular weight is 439 g/mol. The van der Waals surface area contributed by atoms with Gasteiger partial charge in [0.1, 0.15) is 0 Å². The molecule has 9 nitrogen and oxygen atoms in total. The van der Waals surface area contributed by atoms with Crippen LogP contribution in [0.4, 0.5) is 21.9 Å². The van der Waals surface area contributed by atoms with Crippen LogP contribution in [0.15, 0.2) is 47.4 Å². The summed E-state index contributed by atoms with van der Waals surface area (Å²) in [4.78, 5) is 22.5. The summed E-state index contributed by atoms with van der Waals surface area (Å²) >= 11 is 5.96. The third-order valence-corrected chi connectivity index (χ3v) is 6.66. The lowest BCUT2D eigenvalue weighted by Gasteiger charge is -2.26. The van der Waals surface area contributed by atoms with Crippen molar-refractivity contribution in [2.75, 3.05) is 23.7 Å². The molecule has 0 atom stereocenters. The summed E-state index contributed by atoms with van der Waals surface area (Å²) in [6, 6.07) is 8.99. The van der Waals surface area contributed by atoms with Gasteiger partial charge in [-0.3, -0.25) is 10.1 Å². The van der Waals surface area contributed by atoms with Gasteiger partial charge in [0.15, 0.2) is 0 Å². The number of piperidine rings is 1. The third-order valence-electron chi connectivity index (χ3n) is 4.46. The highest BCUT2D eigenvalue weighted by Gasteiger charge is 2.26. The number of carbonyl (C=O) groups is 1. The fraction of sp³-hybridized carbons (Fsp3) is 0.278. The molecular weight excluding hydrogens is 420 g/mol. The van der Waals surface area contributed by atoms with Crippen molar-refractivity contribution in [3.05, 3.63) is 57.6 Å². The van der Waals surface area contributed by atoms with Crippen molar-refractivity contribution in [1.29, 1.82) is 0 Å². The number of halogens is 1. The maximum absolute atomic E-state index is 12.8. The Kier molecular flexibility index (Phi) is 6.36. The molecule has 11 heteroatoms. The first kappa shape index (κ1) is 21.0. The molecule has 1 fully saturated rings. The number of benzene rings is 2. The van der Waals surface area contributed by atoms with Crippen LogP contribution < -0.4 is 10.6 Å². The van der Waals surface area contributed by atoms with Crippen molar-refractivity contribution < 1.29 is 18.1 Å². The number of hydrogen-bond donors (Lipinski definition) is 2. The third kappa shape index (κ3) is 5.03. The molecule has 2 aromatic rings. The van der Waals surface area contributed by atoms with Gasteiger partial charge in [0, 0.05) is 30.9 Å². The second kappa shape index (κ2) is 8.76. The summed E-state index contributed by atoms with van der Waals surface area (Å²) in [6.07, 6.45) is 2.67. The summed E-state index contributed by atoms with van der Waals surface area (Å²) in [5, 5.41) is 15.8. The predicted molar refractivity (Wildman–Crippen MR) is 110 cm³/mol.